The van der Waals surface area contributed by atoms with Crippen LogP contribution in [-0.2, 0) is 6.61 Å². The Morgan fingerprint density at radius 2 is 1.78 bits per heavy atom. The Balaban J connectivity index is 1.75. The van der Waals surface area contributed by atoms with Crippen LogP contribution in [0.5, 0.6) is 11.5 Å². The lowest BCUT2D eigenvalue weighted by atomic mass is 10.2. The molecule has 0 saturated carbocycles. The molecule has 23 heavy (non-hydrogen) atoms. The second-order valence-electron chi connectivity index (χ2n) is 4.60. The van der Waals surface area contributed by atoms with Gasteiger partial charge < -0.3 is 13.9 Å². The van der Waals surface area contributed by atoms with Gasteiger partial charge >= 0.3 is 0 Å². The molecule has 118 valence electrons. The Hall–Kier alpha value is -2.24. The third-order valence-electron chi connectivity index (χ3n) is 3.00. The predicted octanol–water partition coefficient (Wildman–Crippen LogP) is 4.63. The van der Waals surface area contributed by atoms with Crippen molar-refractivity contribution >= 4 is 23.2 Å². The molecule has 1 aromatic heterocycles. The van der Waals surface area contributed by atoms with Crippen molar-refractivity contribution in [2.75, 3.05) is 7.11 Å². The topological polar surface area (TPSA) is 57.4 Å². The van der Waals surface area contributed by atoms with Gasteiger partial charge in [0, 0.05) is 10.0 Å². The number of nitrogens with zero attached hydrogens (tertiary/aromatic N) is 2. The lowest BCUT2D eigenvalue weighted by Gasteiger charge is -2.05. The minimum absolute atomic E-state index is 0.110. The smallest absolute Gasteiger partial charge is 0.254 e. The van der Waals surface area contributed by atoms with E-state index in [1.807, 2.05) is 24.3 Å². The largest absolute Gasteiger partial charge is 0.496 e. The zero-order chi connectivity index (χ0) is 16.2. The number of methoxy groups -OCH3 is 1. The van der Waals surface area contributed by atoms with E-state index in [1.54, 1.807) is 25.3 Å². The molecule has 0 saturated heterocycles. The fourth-order valence-corrected chi connectivity index (χ4v) is 2.51. The number of hydrogen-bond donors (Lipinski definition) is 0. The predicted molar refractivity (Wildman–Crippen MR) is 87.1 cm³/mol. The van der Waals surface area contributed by atoms with Gasteiger partial charge in [0.25, 0.3) is 11.8 Å². The highest BCUT2D eigenvalue weighted by molar-refractivity contribution is 6.34. The zero-order valence-corrected chi connectivity index (χ0v) is 13.6. The molecule has 0 radical (unpaired) electrons. The Kier molecular flexibility index (Phi) is 4.69. The molecule has 7 heteroatoms. The second kappa shape index (κ2) is 6.89. The van der Waals surface area contributed by atoms with Crippen molar-refractivity contribution in [1.29, 1.82) is 0 Å². The van der Waals surface area contributed by atoms with Crippen LogP contribution in [0.15, 0.2) is 46.9 Å². The third-order valence-corrected chi connectivity index (χ3v) is 3.44. The number of halogens is 2. The van der Waals surface area contributed by atoms with Gasteiger partial charge in [-0.05, 0) is 30.3 Å². The molecule has 0 fully saturated rings. The van der Waals surface area contributed by atoms with Crippen molar-refractivity contribution in [1.82, 2.24) is 10.2 Å². The SMILES string of the molecule is COc1ccccc1-c1nnc(COc2cc(Cl)cc(Cl)c2)o1. The Morgan fingerprint density at radius 1 is 1.04 bits per heavy atom. The van der Waals surface area contributed by atoms with Crippen LogP contribution in [0.3, 0.4) is 0 Å². The van der Waals surface area contributed by atoms with Crippen LogP contribution in [0.2, 0.25) is 10.0 Å². The zero-order valence-electron chi connectivity index (χ0n) is 12.1. The lowest BCUT2D eigenvalue weighted by Crippen LogP contribution is -1.95. The summed E-state index contributed by atoms with van der Waals surface area (Å²) < 4.78 is 16.4. The van der Waals surface area contributed by atoms with E-state index in [1.165, 1.54) is 0 Å². The minimum Gasteiger partial charge on any atom is -0.496 e. The van der Waals surface area contributed by atoms with Crippen LogP contribution in [0.25, 0.3) is 11.5 Å². The molecule has 3 rings (SSSR count). The summed E-state index contributed by atoms with van der Waals surface area (Å²) in [5.74, 6) is 1.89. The Labute approximate surface area is 142 Å². The highest BCUT2D eigenvalue weighted by atomic mass is 35.5. The monoisotopic (exact) mass is 350 g/mol. The van der Waals surface area contributed by atoms with E-state index >= 15 is 0 Å². The molecule has 0 spiro atoms. The summed E-state index contributed by atoms with van der Waals surface area (Å²) in [5, 5.41) is 8.96. The number of aromatic nitrogens is 2. The van der Waals surface area contributed by atoms with E-state index in [0.29, 0.717) is 33.3 Å². The molecule has 0 bridgehead atoms. The minimum atomic E-state index is 0.110. The van der Waals surface area contributed by atoms with E-state index in [0.717, 1.165) is 5.56 Å². The Bertz CT molecular complexity index is 800. The first-order valence-corrected chi connectivity index (χ1v) is 7.46. The maximum atomic E-state index is 5.92. The molecule has 3 aromatic rings. The van der Waals surface area contributed by atoms with Crippen LogP contribution in [-0.4, -0.2) is 17.3 Å². The average Bonchev–Trinajstić information content (AvgIpc) is 3.01. The molecule has 0 aliphatic rings. The van der Waals surface area contributed by atoms with Crippen molar-refractivity contribution in [3.05, 3.63) is 58.4 Å². The van der Waals surface area contributed by atoms with Crippen molar-refractivity contribution in [2.24, 2.45) is 0 Å². The standard InChI is InChI=1S/C16H12Cl2N2O3/c1-21-14-5-3-2-4-13(14)16-20-19-15(23-16)9-22-12-7-10(17)6-11(18)8-12/h2-8H,9H2,1H3. The summed E-state index contributed by atoms with van der Waals surface area (Å²) in [6, 6.07) is 12.3. The maximum absolute atomic E-state index is 5.92. The molecule has 0 unspecified atom stereocenters. The van der Waals surface area contributed by atoms with Gasteiger partial charge in [0.1, 0.15) is 11.5 Å². The molecular formula is C16H12Cl2N2O3. The maximum Gasteiger partial charge on any atom is 0.254 e. The quantitative estimate of drug-likeness (QED) is 0.671. The van der Waals surface area contributed by atoms with Gasteiger partial charge in [0.05, 0.1) is 12.7 Å². The summed E-state index contributed by atoms with van der Waals surface area (Å²) >= 11 is 11.8. The molecule has 0 atom stereocenters. The van der Waals surface area contributed by atoms with Crippen molar-refractivity contribution in [2.45, 2.75) is 6.61 Å². The summed E-state index contributed by atoms with van der Waals surface area (Å²) in [5.41, 5.74) is 0.722. The van der Waals surface area contributed by atoms with Crippen LogP contribution < -0.4 is 9.47 Å². The molecule has 2 aromatic carbocycles. The number of ether oxygens (including phenoxy) is 2. The highest BCUT2D eigenvalue weighted by Crippen LogP contribution is 2.29. The molecule has 0 amide bonds. The summed E-state index contributed by atoms with van der Waals surface area (Å²) in [4.78, 5) is 0. The van der Waals surface area contributed by atoms with E-state index in [9.17, 15) is 0 Å². The van der Waals surface area contributed by atoms with Crippen LogP contribution >= 0.6 is 23.2 Å². The molecule has 5 nitrogen and oxygen atoms in total. The summed E-state index contributed by atoms with van der Waals surface area (Å²) in [7, 11) is 1.59. The van der Waals surface area contributed by atoms with Gasteiger partial charge in [0.15, 0.2) is 6.61 Å². The van der Waals surface area contributed by atoms with Crippen LogP contribution in [0, 0.1) is 0 Å². The molecule has 0 N–H and O–H groups in total. The van der Waals surface area contributed by atoms with E-state index < -0.39 is 0 Å². The first-order valence-electron chi connectivity index (χ1n) is 6.70. The first kappa shape index (κ1) is 15.6. The van der Waals surface area contributed by atoms with Gasteiger partial charge in [-0.2, -0.15) is 0 Å². The van der Waals surface area contributed by atoms with Crippen LogP contribution in [0.1, 0.15) is 5.89 Å². The van der Waals surface area contributed by atoms with E-state index in [4.69, 9.17) is 37.1 Å². The molecule has 1 heterocycles. The number of para-hydroxylation sites is 1. The third kappa shape index (κ3) is 3.75. The van der Waals surface area contributed by atoms with Crippen molar-refractivity contribution in [3.63, 3.8) is 0 Å². The van der Waals surface area contributed by atoms with E-state index in [-0.39, 0.29) is 6.61 Å². The second-order valence-corrected chi connectivity index (χ2v) is 5.47. The normalized spacial score (nSPS) is 10.6. The van der Waals surface area contributed by atoms with E-state index in [2.05, 4.69) is 10.2 Å². The van der Waals surface area contributed by atoms with Gasteiger partial charge in [-0.15, -0.1) is 10.2 Å². The van der Waals surface area contributed by atoms with Gasteiger partial charge in [-0.25, -0.2) is 0 Å². The van der Waals surface area contributed by atoms with Crippen molar-refractivity contribution in [3.8, 4) is 23.0 Å². The fraction of sp³-hybridized carbons (Fsp3) is 0.125. The number of rotatable bonds is 5. The lowest BCUT2D eigenvalue weighted by molar-refractivity contribution is 0.264. The fourth-order valence-electron chi connectivity index (χ4n) is 2.00. The van der Waals surface area contributed by atoms with Gasteiger partial charge in [-0.1, -0.05) is 35.3 Å². The van der Waals surface area contributed by atoms with Gasteiger partial charge in [-0.3, -0.25) is 0 Å². The average molecular weight is 351 g/mol. The molecular weight excluding hydrogens is 339 g/mol. The first-order chi connectivity index (χ1) is 11.2. The molecule has 0 aliphatic carbocycles. The summed E-state index contributed by atoms with van der Waals surface area (Å²) in [6.45, 7) is 0.110. The number of benzene rings is 2. The summed E-state index contributed by atoms with van der Waals surface area (Å²) in [6.07, 6.45) is 0. The highest BCUT2D eigenvalue weighted by Gasteiger charge is 2.13. The number of hydrogen-bond acceptors (Lipinski definition) is 5. The molecule has 0 aliphatic heterocycles. The van der Waals surface area contributed by atoms with Gasteiger partial charge in [0.2, 0.25) is 0 Å². The Morgan fingerprint density at radius 3 is 2.52 bits per heavy atom. The van der Waals surface area contributed by atoms with Crippen LogP contribution in [0.4, 0.5) is 0 Å². The van der Waals surface area contributed by atoms with Crippen molar-refractivity contribution < 1.29 is 13.9 Å².